The highest BCUT2D eigenvalue weighted by Crippen LogP contribution is 2.65. The number of benzene rings is 19. The molecule has 1 spiro atoms. The van der Waals surface area contributed by atoms with Gasteiger partial charge in [0.1, 0.15) is 17.2 Å². The highest BCUT2D eigenvalue weighted by atomic mass is 32.1. The van der Waals surface area contributed by atoms with Crippen LogP contribution in [0.25, 0.3) is 171 Å². The molecule has 3 N–H and O–H groups in total. The third-order valence-corrected chi connectivity index (χ3v) is 30.6. The first-order chi connectivity index (χ1) is 61.6. The fraction of sp³-hybridized carbons (Fsp3) is 0.0442. The molecular formula is C113H72B3O6S3. The Labute approximate surface area is 736 Å². The highest BCUT2D eigenvalue weighted by Gasteiger charge is 2.52. The summed E-state index contributed by atoms with van der Waals surface area (Å²) in [6.07, 6.45) is 0. The van der Waals surface area contributed by atoms with E-state index in [1.54, 1.807) is 34.0 Å². The van der Waals surface area contributed by atoms with Crippen LogP contribution in [0.15, 0.2) is 382 Å². The van der Waals surface area contributed by atoms with Crippen LogP contribution in [0, 0.1) is 0 Å². The molecule has 4 aliphatic rings. The van der Waals surface area contributed by atoms with Crippen molar-refractivity contribution in [1.82, 2.24) is 0 Å². The summed E-state index contributed by atoms with van der Waals surface area (Å²) in [5.74, 6) is 2.01. The average molecular weight is 1650 g/mol. The molecule has 587 valence electrons. The lowest BCUT2D eigenvalue weighted by atomic mass is 9.67. The van der Waals surface area contributed by atoms with Gasteiger partial charge in [-0.3, -0.25) is 0 Å². The fourth-order valence-electron chi connectivity index (χ4n) is 21.7. The minimum absolute atomic E-state index is 0.0375. The van der Waals surface area contributed by atoms with Gasteiger partial charge in [-0.1, -0.05) is 360 Å². The molecule has 0 bridgehead atoms. The molecule has 3 radical (unpaired) electrons. The number of hydrogen-bond donors (Lipinski definition) is 3. The molecule has 22 aromatic rings. The number of fused-ring (bicyclic) bond motifs is 31. The van der Waals surface area contributed by atoms with Crippen molar-refractivity contribution in [3.63, 3.8) is 0 Å². The van der Waals surface area contributed by atoms with E-state index < -0.39 is 5.41 Å². The number of rotatable bonds is 11. The van der Waals surface area contributed by atoms with Crippen LogP contribution in [0.2, 0.25) is 0 Å². The van der Waals surface area contributed by atoms with Crippen LogP contribution in [0.1, 0.15) is 69.5 Å². The van der Waals surface area contributed by atoms with E-state index in [1.165, 1.54) is 185 Å². The van der Waals surface area contributed by atoms with Crippen molar-refractivity contribution in [1.29, 1.82) is 0 Å². The van der Waals surface area contributed by atoms with Gasteiger partial charge in [0.05, 0.1) is 24.9 Å². The fourth-order valence-corrected chi connectivity index (χ4v) is 25.6. The summed E-state index contributed by atoms with van der Waals surface area (Å²) in [7, 11) is 2.33. The third-order valence-electron chi connectivity index (χ3n) is 26.9. The van der Waals surface area contributed by atoms with Crippen LogP contribution in [0.4, 0.5) is 0 Å². The van der Waals surface area contributed by atoms with Crippen molar-refractivity contribution in [3.05, 3.63) is 438 Å². The molecule has 0 saturated carbocycles. The zero-order valence-electron chi connectivity index (χ0n) is 67.9. The normalized spacial score (nSPS) is 13.5. The van der Waals surface area contributed by atoms with Gasteiger partial charge in [-0.15, -0.1) is 34.0 Å². The van der Waals surface area contributed by atoms with Crippen LogP contribution in [0.3, 0.4) is 0 Å². The summed E-state index contributed by atoms with van der Waals surface area (Å²) < 4.78 is 23.7. The van der Waals surface area contributed by atoms with Gasteiger partial charge in [0, 0.05) is 51.8 Å². The third kappa shape index (κ3) is 11.1. The van der Waals surface area contributed by atoms with Crippen molar-refractivity contribution >= 4 is 150 Å². The van der Waals surface area contributed by atoms with Crippen LogP contribution < -0.4 is 14.0 Å². The van der Waals surface area contributed by atoms with Gasteiger partial charge in [-0.2, -0.15) is 0 Å². The molecule has 6 nitrogen and oxygen atoms in total. The SMILES string of the molecule is CC1(C)c2ccccc2-c2ccc(-c3cccc4c3sc3c(O[B]O)cc5ccccc5c34)cc21.O[B]Oc1cc2ccccc2c2c1sc1c(-c3ccc4c(c3)C(c3ccccc3)(c3ccccc3)c3ccccc3-4)cccc12.O[B]Oc1cc2ccccc2c2c1sc1c(-c3ccc4c(c3)C3(c5ccccc5-c5ccccc53)c3ccccc3-4)cccc12. The summed E-state index contributed by atoms with van der Waals surface area (Å²) in [5, 5.41) is 42.6. The molecule has 0 unspecified atom stereocenters. The van der Waals surface area contributed by atoms with E-state index in [1.807, 2.05) is 36.4 Å². The van der Waals surface area contributed by atoms with E-state index in [4.69, 9.17) is 14.0 Å². The maximum absolute atomic E-state index is 9.62. The molecule has 0 aliphatic heterocycles. The summed E-state index contributed by atoms with van der Waals surface area (Å²) in [6.45, 7) is 4.64. The average Bonchev–Trinajstić information content (AvgIpc) is 1.49. The van der Waals surface area contributed by atoms with Gasteiger partial charge in [-0.25, -0.2) is 0 Å². The second-order valence-corrected chi connectivity index (χ2v) is 36.4. The van der Waals surface area contributed by atoms with Crippen LogP contribution in [-0.2, 0) is 16.2 Å². The lowest BCUT2D eigenvalue weighted by molar-refractivity contribution is 0.456. The second kappa shape index (κ2) is 29.4. The Kier molecular flexibility index (Phi) is 17.6. The van der Waals surface area contributed by atoms with E-state index >= 15 is 0 Å². The molecule has 0 atom stereocenters. The molecular weight excluding hydrogens is 1580 g/mol. The van der Waals surface area contributed by atoms with Gasteiger partial charge in [0.25, 0.3) is 0 Å². The van der Waals surface area contributed by atoms with Gasteiger partial charge in [0.15, 0.2) is 0 Å². The Balaban J connectivity index is 0.000000106. The van der Waals surface area contributed by atoms with Gasteiger partial charge in [0.2, 0.25) is 0 Å². The Morgan fingerprint density at radius 3 is 0.840 bits per heavy atom. The minimum Gasteiger partial charge on any atom is -0.536 e. The quantitative estimate of drug-likeness (QED) is 0.112. The lowest BCUT2D eigenvalue weighted by Crippen LogP contribution is -2.28. The van der Waals surface area contributed by atoms with Crippen molar-refractivity contribution in [2.24, 2.45) is 0 Å². The highest BCUT2D eigenvalue weighted by molar-refractivity contribution is 7.28. The van der Waals surface area contributed by atoms with Gasteiger partial charge in [-0.05, 0) is 202 Å². The van der Waals surface area contributed by atoms with Gasteiger partial charge < -0.3 is 29.0 Å². The van der Waals surface area contributed by atoms with E-state index in [2.05, 4.69) is 360 Å². The van der Waals surface area contributed by atoms with Crippen molar-refractivity contribution < 1.29 is 29.0 Å². The second-order valence-electron chi connectivity index (χ2n) is 33.3. The first-order valence-corrected chi connectivity index (χ1v) is 44.6. The Morgan fingerprint density at radius 2 is 0.480 bits per heavy atom. The Bertz CT molecular complexity index is 7870. The molecule has 3 aromatic heterocycles. The predicted molar refractivity (Wildman–Crippen MR) is 524 cm³/mol. The molecule has 12 heteroatoms. The monoisotopic (exact) mass is 1650 g/mol. The zero-order valence-corrected chi connectivity index (χ0v) is 70.3. The smallest absolute Gasteiger partial charge is 0.536 e. The summed E-state index contributed by atoms with van der Waals surface area (Å²) in [4.78, 5) is 0. The van der Waals surface area contributed by atoms with E-state index in [0.29, 0.717) is 17.2 Å². The Hall–Kier alpha value is -13.9. The van der Waals surface area contributed by atoms with E-state index in [9.17, 15) is 15.1 Å². The zero-order chi connectivity index (χ0) is 83.4. The molecule has 4 aliphatic carbocycles. The molecule has 3 heterocycles. The van der Waals surface area contributed by atoms with Crippen molar-refractivity contribution in [3.8, 4) is 95.1 Å². The van der Waals surface area contributed by atoms with E-state index in [-0.39, 0.29) is 10.8 Å². The molecule has 0 saturated heterocycles. The number of hydrogen-bond acceptors (Lipinski definition) is 9. The first-order valence-electron chi connectivity index (χ1n) is 42.2. The molecule has 19 aromatic carbocycles. The molecule has 0 amide bonds. The van der Waals surface area contributed by atoms with Crippen molar-refractivity contribution in [2.45, 2.75) is 30.1 Å². The van der Waals surface area contributed by atoms with Crippen LogP contribution in [0.5, 0.6) is 17.2 Å². The summed E-state index contributed by atoms with van der Waals surface area (Å²) >= 11 is 5.18. The first kappa shape index (κ1) is 74.9. The maximum atomic E-state index is 9.62. The standard InChI is InChI=1S/C41H24BO2S.C41H26BO2S.C31H22BO2S/c43-42-44-37-23-24-10-1-2-11-26(24)38-32-16-9-15-27(39(32)45-40(37)38)25-20-21-31-30-14-5-8-19-35(30)41(36(31)22-25)33-17-6-3-12-28(33)29-13-4-7-18-34(29)41;43-42-44-37-25-26-12-7-8-17-30(26)38-34-20-11-19-31(39(34)45-40(37)38)27-22-23-33-32-18-9-10-21-35(32)41(36(33)24-27,28-13-3-1-4-14-28)29-15-5-2-6-16-29;1-31(2)25-13-6-5-10-22(25)23-15-14-19(16-26(23)31)21-11-7-12-24-28-20-9-4-3-8-18(20)17-27(34-32-33)30(28)35-29(21)24/h1-23,43H;1-25,43H;3-17,33H,1-2H3. The van der Waals surface area contributed by atoms with E-state index in [0.717, 1.165) is 64.1 Å². The predicted octanol–water partition coefficient (Wildman–Crippen LogP) is 28.4. The van der Waals surface area contributed by atoms with Crippen LogP contribution >= 0.6 is 34.0 Å². The van der Waals surface area contributed by atoms with Crippen LogP contribution in [-0.4, -0.2) is 38.1 Å². The lowest BCUT2D eigenvalue weighted by Gasteiger charge is -2.34. The van der Waals surface area contributed by atoms with Crippen molar-refractivity contribution in [2.75, 3.05) is 0 Å². The summed E-state index contributed by atoms with van der Waals surface area (Å²) in [6, 6.07) is 138. The minimum atomic E-state index is -0.452. The summed E-state index contributed by atoms with van der Waals surface area (Å²) in [5.41, 5.74) is 30.0. The maximum Gasteiger partial charge on any atom is 0.569 e. The van der Waals surface area contributed by atoms with Gasteiger partial charge >= 0.3 is 23.1 Å². The largest absolute Gasteiger partial charge is 0.569 e. The molecule has 0 fully saturated rings. The molecule has 125 heavy (non-hydrogen) atoms. The Morgan fingerprint density at radius 1 is 0.216 bits per heavy atom. The topological polar surface area (TPSA) is 88.4 Å². The molecule has 26 rings (SSSR count). The number of thiophene rings is 3.